The zero-order chi connectivity index (χ0) is 17.9. The Bertz CT molecular complexity index is 759. The third kappa shape index (κ3) is 3.66. The molecule has 1 aliphatic rings. The van der Waals surface area contributed by atoms with Crippen LogP contribution in [0, 0.1) is 5.92 Å². The minimum absolute atomic E-state index is 0.254. The van der Waals surface area contributed by atoms with Crippen LogP contribution in [0.4, 0.5) is 0 Å². The first-order chi connectivity index (χ1) is 12.1. The number of rotatable bonds is 7. The monoisotopic (exact) mass is 358 g/mol. The summed E-state index contributed by atoms with van der Waals surface area (Å²) < 4.78 is 9.87. The van der Waals surface area contributed by atoms with Crippen LogP contribution >= 0.6 is 11.8 Å². The lowest BCUT2D eigenvalue weighted by molar-refractivity contribution is -0.161. The summed E-state index contributed by atoms with van der Waals surface area (Å²) in [5, 5.41) is 2.28. The zero-order valence-electron chi connectivity index (χ0n) is 14.5. The van der Waals surface area contributed by atoms with E-state index in [1.165, 1.54) is 0 Å². The molecule has 0 amide bonds. The van der Waals surface area contributed by atoms with Crippen LogP contribution in [0.15, 0.2) is 47.4 Å². The van der Waals surface area contributed by atoms with Crippen LogP contribution in [0.3, 0.4) is 0 Å². The molecule has 2 aromatic carbocycles. The molecule has 4 nitrogen and oxygen atoms in total. The van der Waals surface area contributed by atoms with Crippen molar-refractivity contribution in [2.75, 3.05) is 13.2 Å². The molecule has 132 valence electrons. The van der Waals surface area contributed by atoms with Crippen molar-refractivity contribution in [1.29, 1.82) is 0 Å². The number of esters is 2. The first-order valence-electron chi connectivity index (χ1n) is 8.61. The molecule has 0 aliphatic heterocycles. The smallest absolute Gasteiger partial charge is 0.321 e. The highest BCUT2D eigenvalue weighted by molar-refractivity contribution is 8.01. The van der Waals surface area contributed by atoms with E-state index in [0.29, 0.717) is 0 Å². The number of carbonyl (C=O) groups is 2. The molecular weight excluding hydrogens is 336 g/mol. The second-order valence-electron chi connectivity index (χ2n) is 6.08. The van der Waals surface area contributed by atoms with Crippen LogP contribution in [0.25, 0.3) is 10.8 Å². The minimum atomic E-state index is -0.878. The van der Waals surface area contributed by atoms with Gasteiger partial charge in [0.05, 0.1) is 13.2 Å². The van der Waals surface area contributed by atoms with Gasteiger partial charge in [0.2, 0.25) is 0 Å². The zero-order valence-corrected chi connectivity index (χ0v) is 15.3. The summed E-state index contributed by atoms with van der Waals surface area (Å²) in [6.07, 6.45) is 1.59. The molecule has 0 N–H and O–H groups in total. The lowest BCUT2D eigenvalue weighted by Crippen LogP contribution is -2.37. The summed E-state index contributed by atoms with van der Waals surface area (Å²) in [6.45, 7) is 4.00. The van der Waals surface area contributed by atoms with E-state index in [2.05, 4.69) is 18.2 Å². The fraction of sp³-hybridized carbons (Fsp3) is 0.400. The van der Waals surface area contributed by atoms with Gasteiger partial charge in [0, 0.05) is 9.64 Å². The van der Waals surface area contributed by atoms with Gasteiger partial charge in [-0.2, -0.15) is 0 Å². The summed E-state index contributed by atoms with van der Waals surface area (Å²) in [5.74, 6) is -1.84. The SMILES string of the molecule is CCOC(=O)C(C(=O)OCC)C1(Sc2cccc3ccccc23)CC1. The van der Waals surface area contributed by atoms with Gasteiger partial charge in [-0.25, -0.2) is 0 Å². The number of thioether (sulfide) groups is 1. The van der Waals surface area contributed by atoms with E-state index in [1.54, 1.807) is 25.6 Å². The lowest BCUT2D eigenvalue weighted by Gasteiger charge is -2.23. The Morgan fingerprint density at radius 3 is 2.20 bits per heavy atom. The second kappa shape index (κ2) is 7.48. The molecule has 0 saturated heterocycles. The number of benzene rings is 2. The average Bonchev–Trinajstić information content (AvgIpc) is 3.36. The van der Waals surface area contributed by atoms with Gasteiger partial charge >= 0.3 is 11.9 Å². The van der Waals surface area contributed by atoms with Gasteiger partial charge in [-0.15, -0.1) is 11.8 Å². The van der Waals surface area contributed by atoms with Crippen LogP contribution in [0.2, 0.25) is 0 Å². The van der Waals surface area contributed by atoms with E-state index < -0.39 is 22.6 Å². The highest BCUT2D eigenvalue weighted by Crippen LogP contribution is 2.58. The lowest BCUT2D eigenvalue weighted by atomic mass is 10.0. The molecule has 0 radical (unpaired) electrons. The molecule has 0 bridgehead atoms. The molecule has 3 rings (SSSR count). The molecule has 1 fully saturated rings. The van der Waals surface area contributed by atoms with Crippen molar-refractivity contribution in [3.8, 4) is 0 Å². The van der Waals surface area contributed by atoms with Crippen LogP contribution in [-0.4, -0.2) is 29.9 Å². The van der Waals surface area contributed by atoms with E-state index in [9.17, 15) is 9.59 Å². The van der Waals surface area contributed by atoms with Crippen molar-refractivity contribution in [2.45, 2.75) is 36.3 Å². The molecule has 25 heavy (non-hydrogen) atoms. The molecule has 0 unspecified atom stereocenters. The van der Waals surface area contributed by atoms with Crippen molar-refractivity contribution in [3.63, 3.8) is 0 Å². The number of hydrogen-bond donors (Lipinski definition) is 0. The van der Waals surface area contributed by atoms with E-state index in [1.807, 2.05) is 24.3 Å². The third-order valence-electron chi connectivity index (χ3n) is 4.38. The van der Waals surface area contributed by atoms with Crippen LogP contribution in [-0.2, 0) is 19.1 Å². The van der Waals surface area contributed by atoms with E-state index >= 15 is 0 Å². The minimum Gasteiger partial charge on any atom is -0.465 e. The Hall–Kier alpha value is -2.01. The normalized spacial score (nSPS) is 15.2. The second-order valence-corrected chi connectivity index (χ2v) is 7.54. The maximum atomic E-state index is 12.5. The van der Waals surface area contributed by atoms with Crippen molar-refractivity contribution in [2.24, 2.45) is 5.92 Å². The van der Waals surface area contributed by atoms with Crippen molar-refractivity contribution in [1.82, 2.24) is 0 Å². The number of carbonyl (C=O) groups excluding carboxylic acids is 2. The summed E-state index contributed by atoms with van der Waals surface area (Å²) in [5.41, 5.74) is 0. The highest BCUT2D eigenvalue weighted by Gasteiger charge is 2.58. The Morgan fingerprint density at radius 2 is 1.60 bits per heavy atom. The molecular formula is C20H22O4S. The fourth-order valence-corrected chi connectivity index (χ4v) is 4.55. The molecule has 0 atom stereocenters. The predicted molar refractivity (Wildman–Crippen MR) is 98.5 cm³/mol. The van der Waals surface area contributed by atoms with Gasteiger partial charge in [0.15, 0.2) is 5.92 Å². The fourth-order valence-electron chi connectivity index (χ4n) is 3.05. The quantitative estimate of drug-likeness (QED) is 0.548. The Labute approximate surface area is 151 Å². The maximum absolute atomic E-state index is 12.5. The van der Waals surface area contributed by atoms with E-state index in [0.717, 1.165) is 28.5 Å². The Kier molecular flexibility index (Phi) is 5.33. The van der Waals surface area contributed by atoms with Gasteiger partial charge in [-0.1, -0.05) is 36.4 Å². The molecule has 0 aromatic heterocycles. The number of hydrogen-bond acceptors (Lipinski definition) is 5. The standard InChI is InChI=1S/C20H22O4S/c1-3-23-18(21)17(19(22)24-4-2)20(12-13-20)25-16-11-7-9-14-8-5-6-10-15(14)16/h5-11,17H,3-4,12-13H2,1-2H3. The van der Waals surface area contributed by atoms with Gasteiger partial charge in [-0.05, 0) is 43.5 Å². The van der Waals surface area contributed by atoms with Crippen LogP contribution in [0.1, 0.15) is 26.7 Å². The highest BCUT2D eigenvalue weighted by atomic mass is 32.2. The summed E-state index contributed by atoms with van der Waals surface area (Å²) in [4.78, 5) is 26.0. The molecule has 1 aliphatic carbocycles. The largest absolute Gasteiger partial charge is 0.465 e. The van der Waals surface area contributed by atoms with Crippen molar-refractivity contribution >= 4 is 34.5 Å². The molecule has 5 heteroatoms. The molecule has 0 spiro atoms. The van der Waals surface area contributed by atoms with Crippen LogP contribution < -0.4 is 0 Å². The summed E-state index contributed by atoms with van der Waals surface area (Å²) in [6, 6.07) is 14.2. The Balaban J connectivity index is 1.93. The molecule has 1 saturated carbocycles. The van der Waals surface area contributed by atoms with Gasteiger partial charge in [0.25, 0.3) is 0 Å². The molecule has 2 aromatic rings. The van der Waals surface area contributed by atoms with Crippen molar-refractivity contribution in [3.05, 3.63) is 42.5 Å². The number of ether oxygens (including phenoxy) is 2. The van der Waals surface area contributed by atoms with Gasteiger partial charge < -0.3 is 9.47 Å². The summed E-state index contributed by atoms with van der Waals surface area (Å²) in [7, 11) is 0. The third-order valence-corrected chi connectivity index (χ3v) is 6.00. The van der Waals surface area contributed by atoms with E-state index in [4.69, 9.17) is 9.47 Å². The maximum Gasteiger partial charge on any atom is 0.321 e. The number of fused-ring (bicyclic) bond motifs is 1. The average molecular weight is 358 g/mol. The first kappa shape index (κ1) is 17.8. The summed E-state index contributed by atoms with van der Waals surface area (Å²) >= 11 is 1.60. The van der Waals surface area contributed by atoms with Crippen LogP contribution in [0.5, 0.6) is 0 Å². The van der Waals surface area contributed by atoms with Gasteiger partial charge in [-0.3, -0.25) is 9.59 Å². The Morgan fingerprint density at radius 1 is 1.00 bits per heavy atom. The predicted octanol–water partition coefficient (Wildman–Crippen LogP) is 4.21. The van der Waals surface area contributed by atoms with E-state index in [-0.39, 0.29) is 13.2 Å². The topological polar surface area (TPSA) is 52.6 Å². The first-order valence-corrected chi connectivity index (χ1v) is 9.43. The molecule has 0 heterocycles. The van der Waals surface area contributed by atoms with Crippen molar-refractivity contribution < 1.29 is 19.1 Å². The van der Waals surface area contributed by atoms with Gasteiger partial charge in [0.1, 0.15) is 0 Å².